The molecule has 1 aromatic heterocycles. The molecule has 0 aliphatic rings. The lowest BCUT2D eigenvalue weighted by atomic mass is 9.93. The van der Waals surface area contributed by atoms with Crippen LogP contribution in [0.5, 0.6) is 0 Å². The number of nitrogens with two attached hydrogens (primary N) is 1. The summed E-state index contributed by atoms with van der Waals surface area (Å²) < 4.78 is 6.45. The van der Waals surface area contributed by atoms with Crippen molar-refractivity contribution in [1.29, 1.82) is 0 Å². The minimum atomic E-state index is -0.592. The number of aromatic nitrogens is 1. The van der Waals surface area contributed by atoms with Gasteiger partial charge in [0.2, 0.25) is 5.91 Å². The van der Waals surface area contributed by atoms with E-state index in [1.165, 1.54) is 22.8 Å². The second-order valence-electron chi connectivity index (χ2n) is 7.15. The van der Waals surface area contributed by atoms with Crippen LogP contribution in [0.25, 0.3) is 11.1 Å². The molecule has 0 aliphatic heterocycles. The zero-order valence-corrected chi connectivity index (χ0v) is 16.5. The van der Waals surface area contributed by atoms with E-state index >= 15 is 0 Å². The third-order valence-electron chi connectivity index (χ3n) is 4.28. The van der Waals surface area contributed by atoms with E-state index in [9.17, 15) is 19.7 Å². The number of oxazole rings is 1. The number of aryl methyl sites for hydroxylation is 1. The Kier molecular flexibility index (Phi) is 7.55. The molecule has 0 atom stereocenters. The molecular weight excluding hydrogens is 376 g/mol. The Hall–Kier alpha value is -2.39. The maximum Gasteiger partial charge on any atom is 0.419 e. The monoisotopic (exact) mass is 400 g/mol. The van der Waals surface area contributed by atoms with E-state index in [4.69, 9.17) is 10.2 Å². The second kappa shape index (κ2) is 9.01. The normalized spacial score (nSPS) is 11.3. The lowest BCUT2D eigenvalue weighted by molar-refractivity contribution is -0.384. The van der Waals surface area contributed by atoms with Gasteiger partial charge >= 0.3 is 5.76 Å². The van der Waals surface area contributed by atoms with Crippen LogP contribution in [0.4, 0.5) is 5.69 Å². The topological polar surface area (TPSA) is 125 Å². The number of fused-ring (bicyclic) bond motifs is 1. The Morgan fingerprint density at radius 2 is 2.07 bits per heavy atom. The highest BCUT2D eigenvalue weighted by atomic mass is 35.5. The van der Waals surface area contributed by atoms with Crippen LogP contribution in [0.15, 0.2) is 27.4 Å². The molecule has 1 heterocycles. The summed E-state index contributed by atoms with van der Waals surface area (Å²) in [4.78, 5) is 36.1. The van der Waals surface area contributed by atoms with E-state index in [1.807, 2.05) is 13.8 Å². The van der Waals surface area contributed by atoms with Crippen LogP contribution in [-0.2, 0) is 11.3 Å². The molecule has 0 saturated heterocycles. The number of nitro groups is 1. The number of hydrogen-bond acceptors (Lipinski definition) is 6. The lowest BCUT2D eigenvalue weighted by Crippen LogP contribution is -2.39. The fourth-order valence-electron chi connectivity index (χ4n) is 2.75. The molecule has 0 unspecified atom stereocenters. The SMILES string of the molecule is CN(CC(C)(C)CN)C(=O)CCCn1c(=O)oc2cc([N+](=O)[O-])ccc21.Cl. The molecule has 150 valence electrons. The highest BCUT2D eigenvalue weighted by Gasteiger charge is 2.21. The number of hydrogen-bond donors (Lipinski definition) is 1. The summed E-state index contributed by atoms with van der Waals surface area (Å²) in [5, 5.41) is 10.8. The fraction of sp³-hybridized carbons (Fsp3) is 0.529. The summed E-state index contributed by atoms with van der Waals surface area (Å²) in [5.41, 5.74) is 6.03. The zero-order chi connectivity index (χ0) is 19.5. The Balaban J connectivity index is 0.00000364. The molecule has 0 saturated carbocycles. The van der Waals surface area contributed by atoms with Crippen LogP contribution in [0, 0.1) is 15.5 Å². The van der Waals surface area contributed by atoms with Gasteiger partial charge in [-0.15, -0.1) is 12.4 Å². The van der Waals surface area contributed by atoms with Crippen molar-refractivity contribution in [1.82, 2.24) is 9.47 Å². The van der Waals surface area contributed by atoms with Crippen molar-refractivity contribution in [2.45, 2.75) is 33.2 Å². The molecule has 2 rings (SSSR count). The first-order valence-electron chi connectivity index (χ1n) is 8.36. The van der Waals surface area contributed by atoms with Gasteiger partial charge in [0.15, 0.2) is 5.58 Å². The number of non-ortho nitro benzene ring substituents is 1. The van der Waals surface area contributed by atoms with E-state index < -0.39 is 10.7 Å². The van der Waals surface area contributed by atoms with Gasteiger partial charge in [0.25, 0.3) is 5.69 Å². The number of carbonyl (C=O) groups excluding carboxylic acids is 1. The van der Waals surface area contributed by atoms with Gasteiger partial charge in [-0.2, -0.15) is 0 Å². The van der Waals surface area contributed by atoms with Gasteiger partial charge in [-0.05, 0) is 24.4 Å². The third kappa shape index (κ3) is 5.54. The Labute approximate surface area is 162 Å². The third-order valence-corrected chi connectivity index (χ3v) is 4.28. The van der Waals surface area contributed by atoms with Crippen LogP contribution in [0.1, 0.15) is 26.7 Å². The predicted octanol–water partition coefficient (Wildman–Crippen LogP) is 2.15. The lowest BCUT2D eigenvalue weighted by Gasteiger charge is -2.29. The first-order chi connectivity index (χ1) is 12.1. The molecule has 1 aromatic carbocycles. The van der Waals surface area contributed by atoms with E-state index in [2.05, 4.69) is 0 Å². The summed E-state index contributed by atoms with van der Waals surface area (Å²) in [6.45, 7) is 5.32. The molecule has 0 radical (unpaired) electrons. The highest BCUT2D eigenvalue weighted by Crippen LogP contribution is 2.20. The number of rotatable bonds is 8. The maximum atomic E-state index is 12.2. The summed E-state index contributed by atoms with van der Waals surface area (Å²) >= 11 is 0. The molecule has 0 fully saturated rings. The maximum absolute atomic E-state index is 12.2. The Morgan fingerprint density at radius 1 is 1.41 bits per heavy atom. The first-order valence-corrected chi connectivity index (χ1v) is 8.36. The van der Waals surface area contributed by atoms with Crippen molar-refractivity contribution < 1.29 is 14.1 Å². The number of nitrogens with zero attached hydrogens (tertiary/aromatic N) is 3. The van der Waals surface area contributed by atoms with Gasteiger partial charge in [0, 0.05) is 32.6 Å². The van der Waals surface area contributed by atoms with Crippen LogP contribution in [0.3, 0.4) is 0 Å². The number of carbonyl (C=O) groups is 1. The van der Waals surface area contributed by atoms with E-state index in [-0.39, 0.29) is 41.4 Å². The molecule has 2 aromatic rings. The highest BCUT2D eigenvalue weighted by molar-refractivity contribution is 5.85. The average Bonchev–Trinajstić information content (AvgIpc) is 2.89. The minimum absolute atomic E-state index is 0. The van der Waals surface area contributed by atoms with Crippen LogP contribution in [-0.4, -0.2) is 40.4 Å². The Morgan fingerprint density at radius 3 is 2.67 bits per heavy atom. The molecule has 1 amide bonds. The molecular formula is C17H25ClN4O5. The molecule has 2 N–H and O–H groups in total. The van der Waals surface area contributed by atoms with Crippen LogP contribution in [0.2, 0.25) is 0 Å². The zero-order valence-electron chi connectivity index (χ0n) is 15.6. The largest absolute Gasteiger partial charge is 0.419 e. The molecule has 0 bridgehead atoms. The van der Waals surface area contributed by atoms with Gasteiger partial charge in [-0.25, -0.2) is 4.79 Å². The van der Waals surface area contributed by atoms with Crippen LogP contribution >= 0.6 is 12.4 Å². The summed E-state index contributed by atoms with van der Waals surface area (Å²) in [7, 11) is 1.73. The molecule has 0 spiro atoms. The fourth-order valence-corrected chi connectivity index (χ4v) is 2.75. The van der Waals surface area contributed by atoms with Crippen molar-refractivity contribution in [2.24, 2.45) is 11.1 Å². The van der Waals surface area contributed by atoms with Gasteiger partial charge in [-0.1, -0.05) is 13.8 Å². The molecule has 10 heteroatoms. The van der Waals surface area contributed by atoms with Crippen molar-refractivity contribution in [3.8, 4) is 0 Å². The molecule has 0 aliphatic carbocycles. The predicted molar refractivity (Wildman–Crippen MR) is 104 cm³/mol. The summed E-state index contributed by atoms with van der Waals surface area (Å²) in [5.74, 6) is -0.617. The van der Waals surface area contributed by atoms with Crippen molar-refractivity contribution in [3.05, 3.63) is 38.9 Å². The first kappa shape index (κ1) is 22.7. The number of benzene rings is 1. The second-order valence-corrected chi connectivity index (χ2v) is 7.15. The summed E-state index contributed by atoms with van der Waals surface area (Å²) in [6, 6.07) is 4.03. The van der Waals surface area contributed by atoms with Gasteiger partial charge in [-0.3, -0.25) is 19.5 Å². The van der Waals surface area contributed by atoms with Crippen molar-refractivity contribution in [3.63, 3.8) is 0 Å². The van der Waals surface area contributed by atoms with Gasteiger partial charge in [0.1, 0.15) is 0 Å². The number of nitro benzene ring substituents is 1. The molecule has 9 nitrogen and oxygen atoms in total. The van der Waals surface area contributed by atoms with Crippen molar-refractivity contribution in [2.75, 3.05) is 20.1 Å². The van der Waals surface area contributed by atoms with E-state index in [1.54, 1.807) is 11.9 Å². The minimum Gasteiger partial charge on any atom is -0.407 e. The van der Waals surface area contributed by atoms with Crippen molar-refractivity contribution >= 4 is 35.1 Å². The van der Waals surface area contributed by atoms with E-state index in [0.717, 1.165) is 0 Å². The smallest absolute Gasteiger partial charge is 0.407 e. The van der Waals surface area contributed by atoms with E-state index in [0.29, 0.717) is 31.6 Å². The van der Waals surface area contributed by atoms with Gasteiger partial charge in [0.05, 0.1) is 16.5 Å². The number of halogens is 1. The quantitative estimate of drug-likeness (QED) is 0.534. The summed E-state index contributed by atoms with van der Waals surface area (Å²) in [6.07, 6.45) is 0.737. The average molecular weight is 401 g/mol. The molecule has 27 heavy (non-hydrogen) atoms. The standard InChI is InChI=1S/C17H24N4O5.ClH/c1-17(2,10-18)11-19(3)15(22)5-4-8-20-13-7-6-12(21(24)25)9-14(13)26-16(20)23;/h6-7,9H,4-5,8,10-11,18H2,1-3H3;1H. The Bertz CT molecular complexity index is 874. The number of amides is 1. The van der Waals surface area contributed by atoms with Crippen LogP contribution < -0.4 is 11.5 Å². The van der Waals surface area contributed by atoms with Gasteiger partial charge < -0.3 is 15.1 Å².